The molecular weight excluding hydrogens is 306 g/mol. The molecule has 5 nitrogen and oxygen atoms in total. The molecule has 2 heterocycles. The van der Waals surface area contributed by atoms with Gasteiger partial charge in [-0.2, -0.15) is 0 Å². The number of carboxylic acids is 1. The maximum Gasteiger partial charge on any atom is 0.313 e. The number of carbonyl (C=O) groups is 2. The lowest BCUT2D eigenvalue weighted by Gasteiger charge is -2.48. The second-order valence-corrected chi connectivity index (χ2v) is 6.64. The normalized spacial score (nSPS) is 21.9. The van der Waals surface area contributed by atoms with Gasteiger partial charge in [0.2, 0.25) is 0 Å². The monoisotopic (exact) mass is 325 g/mol. The Morgan fingerprint density at radius 2 is 1.96 bits per heavy atom. The lowest BCUT2D eigenvalue weighted by molar-refractivity contribution is -0.143. The predicted molar refractivity (Wildman–Crippen MR) is 86.6 cm³/mol. The van der Waals surface area contributed by atoms with Crippen LogP contribution in [0.25, 0.3) is 0 Å². The van der Waals surface area contributed by atoms with Gasteiger partial charge >= 0.3 is 5.97 Å². The molecule has 1 atom stereocenters. The van der Waals surface area contributed by atoms with E-state index in [1.165, 1.54) is 0 Å². The first-order valence-corrected chi connectivity index (χ1v) is 8.29. The third kappa shape index (κ3) is 2.08. The minimum atomic E-state index is -0.860. The molecule has 1 fully saturated rings. The first-order chi connectivity index (χ1) is 11.6. The Kier molecular flexibility index (Phi) is 3.44. The number of aliphatic carboxylic acids is 1. The van der Waals surface area contributed by atoms with E-state index in [9.17, 15) is 14.7 Å². The van der Waals surface area contributed by atoms with Crippen LogP contribution in [0.15, 0.2) is 47.1 Å². The summed E-state index contributed by atoms with van der Waals surface area (Å²) in [5, 5.41) is 9.98. The molecule has 1 aliphatic heterocycles. The van der Waals surface area contributed by atoms with Crippen molar-refractivity contribution in [3.8, 4) is 0 Å². The average Bonchev–Trinajstić information content (AvgIpc) is 3.24. The number of rotatable bonds is 3. The van der Waals surface area contributed by atoms with Gasteiger partial charge in [0, 0.05) is 5.56 Å². The van der Waals surface area contributed by atoms with Gasteiger partial charge in [-0.05, 0) is 36.6 Å². The van der Waals surface area contributed by atoms with E-state index in [1.54, 1.807) is 35.4 Å². The molecule has 0 saturated heterocycles. The number of nitrogens with zero attached hydrogens (tertiary/aromatic N) is 1. The summed E-state index contributed by atoms with van der Waals surface area (Å²) in [6, 6.07) is 10.7. The molecule has 124 valence electrons. The van der Waals surface area contributed by atoms with Crippen molar-refractivity contribution in [2.24, 2.45) is 0 Å². The van der Waals surface area contributed by atoms with Crippen LogP contribution in [-0.2, 0) is 11.3 Å². The van der Waals surface area contributed by atoms with Crippen LogP contribution in [0.2, 0.25) is 0 Å². The van der Waals surface area contributed by atoms with Crippen molar-refractivity contribution in [2.75, 3.05) is 0 Å². The van der Waals surface area contributed by atoms with E-state index in [4.69, 9.17) is 4.42 Å². The minimum absolute atomic E-state index is 0.0959. The highest BCUT2D eigenvalue weighted by Crippen LogP contribution is 2.50. The molecule has 5 heteroatoms. The van der Waals surface area contributed by atoms with E-state index >= 15 is 0 Å². The smallest absolute Gasteiger partial charge is 0.313 e. The number of hydrogen-bond donors (Lipinski definition) is 1. The van der Waals surface area contributed by atoms with Crippen molar-refractivity contribution < 1.29 is 19.1 Å². The summed E-state index contributed by atoms with van der Waals surface area (Å²) < 4.78 is 5.43. The van der Waals surface area contributed by atoms with Gasteiger partial charge in [-0.3, -0.25) is 9.59 Å². The second-order valence-electron chi connectivity index (χ2n) is 6.64. The van der Waals surface area contributed by atoms with Crippen LogP contribution >= 0.6 is 0 Å². The number of furan rings is 1. The second kappa shape index (κ2) is 5.51. The van der Waals surface area contributed by atoms with Gasteiger partial charge in [0.1, 0.15) is 11.7 Å². The van der Waals surface area contributed by atoms with Crippen LogP contribution in [0.5, 0.6) is 0 Å². The quantitative estimate of drug-likeness (QED) is 0.938. The fraction of sp³-hybridized carbons (Fsp3) is 0.368. The Bertz CT molecular complexity index is 774. The summed E-state index contributed by atoms with van der Waals surface area (Å²) in [7, 11) is 0. The summed E-state index contributed by atoms with van der Waals surface area (Å²) in [4.78, 5) is 27.1. The summed E-state index contributed by atoms with van der Waals surface area (Å²) in [5.41, 5.74) is 0.478. The predicted octanol–water partition coefficient (Wildman–Crippen LogP) is 3.42. The molecule has 1 aliphatic carbocycles. The minimum Gasteiger partial charge on any atom is -0.481 e. The molecule has 0 bridgehead atoms. The van der Waals surface area contributed by atoms with Gasteiger partial charge in [-0.15, -0.1) is 0 Å². The van der Waals surface area contributed by atoms with Crippen LogP contribution in [0.3, 0.4) is 0 Å². The molecule has 1 N–H and O–H groups in total. The molecule has 24 heavy (non-hydrogen) atoms. The largest absolute Gasteiger partial charge is 0.481 e. The third-order valence-corrected chi connectivity index (χ3v) is 5.43. The van der Waals surface area contributed by atoms with Gasteiger partial charge in [0.05, 0.1) is 18.3 Å². The van der Waals surface area contributed by atoms with Crippen LogP contribution < -0.4 is 0 Å². The standard InChI is InChI=1S/C19H19NO4/c21-17-15-8-2-1-7-14(15)16(18(22)23)19(9-3-4-10-19)20(17)12-13-6-5-11-24-13/h1-2,5-8,11,16H,3-4,9-10,12H2,(H,22,23). The highest BCUT2D eigenvalue weighted by Gasteiger charge is 2.55. The first-order valence-electron chi connectivity index (χ1n) is 8.29. The van der Waals surface area contributed by atoms with Gasteiger partial charge in [0.15, 0.2) is 0 Å². The van der Waals surface area contributed by atoms with Gasteiger partial charge in [-0.1, -0.05) is 31.0 Å². The molecule has 1 aromatic carbocycles. The fourth-order valence-electron chi connectivity index (χ4n) is 4.43. The average molecular weight is 325 g/mol. The Hall–Kier alpha value is -2.56. The zero-order chi connectivity index (χ0) is 16.7. The van der Waals surface area contributed by atoms with E-state index in [0.717, 1.165) is 12.8 Å². The van der Waals surface area contributed by atoms with Gasteiger partial charge < -0.3 is 14.4 Å². The molecular formula is C19H19NO4. The van der Waals surface area contributed by atoms with Gasteiger partial charge in [-0.25, -0.2) is 0 Å². The number of amides is 1. The van der Waals surface area contributed by atoms with Crippen molar-refractivity contribution in [1.82, 2.24) is 4.90 Å². The van der Waals surface area contributed by atoms with E-state index in [2.05, 4.69) is 0 Å². The van der Waals surface area contributed by atoms with E-state index in [-0.39, 0.29) is 5.91 Å². The molecule has 1 spiro atoms. The topological polar surface area (TPSA) is 70.8 Å². The highest BCUT2D eigenvalue weighted by molar-refractivity contribution is 6.01. The Morgan fingerprint density at radius 1 is 1.21 bits per heavy atom. The van der Waals surface area contributed by atoms with Crippen molar-refractivity contribution in [1.29, 1.82) is 0 Å². The fourth-order valence-corrected chi connectivity index (χ4v) is 4.43. The number of carbonyl (C=O) groups excluding carboxylic acids is 1. The number of carboxylic acid groups (broad SMARTS) is 1. The lowest BCUT2D eigenvalue weighted by Crippen LogP contribution is -2.58. The summed E-state index contributed by atoms with van der Waals surface area (Å²) in [6.45, 7) is 0.309. The number of fused-ring (bicyclic) bond motifs is 1. The number of hydrogen-bond acceptors (Lipinski definition) is 3. The van der Waals surface area contributed by atoms with E-state index in [1.807, 2.05) is 12.1 Å². The molecule has 1 amide bonds. The summed E-state index contributed by atoms with van der Waals surface area (Å²) >= 11 is 0. The Labute approximate surface area is 139 Å². The van der Waals surface area contributed by atoms with Crippen LogP contribution in [0.4, 0.5) is 0 Å². The van der Waals surface area contributed by atoms with Crippen LogP contribution in [0, 0.1) is 0 Å². The van der Waals surface area contributed by atoms with Crippen molar-refractivity contribution in [3.63, 3.8) is 0 Å². The Balaban J connectivity index is 1.88. The molecule has 1 unspecified atom stereocenters. The SMILES string of the molecule is O=C(O)C1c2ccccc2C(=O)N(Cc2ccco2)C12CCCC2. The molecule has 0 radical (unpaired) electrons. The van der Waals surface area contributed by atoms with Crippen molar-refractivity contribution in [2.45, 2.75) is 43.7 Å². The maximum atomic E-state index is 13.2. The molecule has 1 aromatic heterocycles. The van der Waals surface area contributed by atoms with E-state index < -0.39 is 17.4 Å². The summed E-state index contributed by atoms with van der Waals surface area (Å²) in [6.07, 6.45) is 4.88. The van der Waals surface area contributed by atoms with E-state index in [0.29, 0.717) is 36.3 Å². The Morgan fingerprint density at radius 3 is 2.62 bits per heavy atom. The zero-order valence-electron chi connectivity index (χ0n) is 13.3. The summed E-state index contributed by atoms with van der Waals surface area (Å²) in [5.74, 6) is -0.968. The molecule has 1 saturated carbocycles. The zero-order valence-corrected chi connectivity index (χ0v) is 13.3. The highest BCUT2D eigenvalue weighted by atomic mass is 16.4. The molecule has 4 rings (SSSR count). The van der Waals surface area contributed by atoms with Crippen LogP contribution in [-0.4, -0.2) is 27.4 Å². The molecule has 2 aromatic rings. The first kappa shape index (κ1) is 15.0. The number of benzene rings is 1. The third-order valence-electron chi connectivity index (χ3n) is 5.43. The van der Waals surface area contributed by atoms with Crippen molar-refractivity contribution in [3.05, 3.63) is 59.5 Å². The van der Waals surface area contributed by atoms with Crippen molar-refractivity contribution >= 4 is 11.9 Å². The molecule has 2 aliphatic rings. The maximum absolute atomic E-state index is 13.2. The lowest BCUT2D eigenvalue weighted by atomic mass is 9.71. The van der Waals surface area contributed by atoms with Crippen LogP contribution in [0.1, 0.15) is 53.3 Å². The van der Waals surface area contributed by atoms with Gasteiger partial charge in [0.25, 0.3) is 5.91 Å².